The molecule has 2 aliphatic rings. The van der Waals surface area contributed by atoms with Crippen molar-refractivity contribution in [2.75, 3.05) is 39.3 Å². The second kappa shape index (κ2) is 10.2. The highest BCUT2D eigenvalue weighted by molar-refractivity contribution is 9.10. The Morgan fingerprint density at radius 3 is 2.44 bits per heavy atom. The minimum absolute atomic E-state index is 0.00615. The van der Waals surface area contributed by atoms with E-state index in [2.05, 4.69) is 30.8 Å². The van der Waals surface area contributed by atoms with E-state index >= 15 is 0 Å². The number of nitrogens with zero attached hydrogens (tertiary/aromatic N) is 5. The predicted octanol–water partition coefficient (Wildman–Crippen LogP) is 3.16. The molecule has 0 saturated carbocycles. The summed E-state index contributed by atoms with van der Waals surface area (Å²) < 4.78 is 6.55. The van der Waals surface area contributed by atoms with Gasteiger partial charge in [0.25, 0.3) is 11.8 Å². The van der Waals surface area contributed by atoms with Crippen LogP contribution in [0.15, 0.2) is 58.0 Å². The number of likely N-dealkylation sites (tertiary alicyclic amines) is 1. The Kier molecular flexibility index (Phi) is 6.89. The van der Waals surface area contributed by atoms with Crippen LogP contribution in [0.2, 0.25) is 0 Å². The SMILES string of the molecule is O=C(c1ccc(OCc2cccc(Br)n2)cc1)N1CC(N2CCN(C(=O)c3cscn3)CC2)C1. The van der Waals surface area contributed by atoms with Crippen LogP contribution in [0.4, 0.5) is 0 Å². The topological polar surface area (TPSA) is 78.9 Å². The number of amides is 2. The number of benzene rings is 1. The standard InChI is InChI=1S/C24H24BrN5O3S/c25-22-3-1-2-18(27-22)14-33-20-6-4-17(5-7-20)23(31)30-12-19(13-30)28-8-10-29(11-9-28)24(32)21-15-34-16-26-21/h1-7,15-16,19H,8-14H2. The van der Waals surface area contributed by atoms with Gasteiger partial charge in [-0.3, -0.25) is 14.5 Å². The average molecular weight is 542 g/mol. The zero-order chi connectivity index (χ0) is 23.5. The van der Waals surface area contributed by atoms with E-state index in [1.54, 1.807) is 10.9 Å². The Morgan fingerprint density at radius 1 is 1.00 bits per heavy atom. The van der Waals surface area contributed by atoms with E-state index in [1.807, 2.05) is 52.3 Å². The molecular weight excluding hydrogens is 518 g/mol. The fourth-order valence-electron chi connectivity index (χ4n) is 4.19. The molecule has 5 rings (SSSR count). The Morgan fingerprint density at radius 2 is 1.76 bits per heavy atom. The van der Waals surface area contributed by atoms with Crippen molar-refractivity contribution in [2.24, 2.45) is 0 Å². The molecule has 1 aromatic carbocycles. The number of carbonyl (C=O) groups is 2. The van der Waals surface area contributed by atoms with E-state index in [-0.39, 0.29) is 11.8 Å². The molecule has 34 heavy (non-hydrogen) atoms. The van der Waals surface area contributed by atoms with Crippen molar-refractivity contribution < 1.29 is 14.3 Å². The van der Waals surface area contributed by atoms with Crippen LogP contribution in [0, 0.1) is 0 Å². The van der Waals surface area contributed by atoms with Crippen molar-refractivity contribution >= 4 is 39.1 Å². The second-order valence-corrected chi connectivity index (χ2v) is 9.86. The highest BCUT2D eigenvalue weighted by atomic mass is 79.9. The number of hydrogen-bond acceptors (Lipinski definition) is 7. The summed E-state index contributed by atoms with van der Waals surface area (Å²) in [6.45, 7) is 4.82. The molecule has 2 amide bonds. The molecule has 4 heterocycles. The van der Waals surface area contributed by atoms with Gasteiger partial charge < -0.3 is 14.5 Å². The monoisotopic (exact) mass is 541 g/mol. The molecule has 176 valence electrons. The molecule has 0 unspecified atom stereocenters. The number of pyridine rings is 1. The van der Waals surface area contributed by atoms with Crippen molar-refractivity contribution in [2.45, 2.75) is 12.6 Å². The molecule has 0 bridgehead atoms. The number of halogens is 1. The summed E-state index contributed by atoms with van der Waals surface area (Å²) in [7, 11) is 0. The predicted molar refractivity (Wildman–Crippen MR) is 132 cm³/mol. The maximum absolute atomic E-state index is 12.8. The molecule has 0 atom stereocenters. The van der Waals surface area contributed by atoms with Gasteiger partial charge in [0, 0.05) is 56.3 Å². The number of ether oxygens (including phenoxy) is 1. The van der Waals surface area contributed by atoms with Crippen molar-refractivity contribution in [3.63, 3.8) is 0 Å². The van der Waals surface area contributed by atoms with E-state index < -0.39 is 0 Å². The second-order valence-electron chi connectivity index (χ2n) is 8.33. The van der Waals surface area contributed by atoms with Crippen molar-refractivity contribution in [1.82, 2.24) is 24.7 Å². The summed E-state index contributed by atoms with van der Waals surface area (Å²) in [6.07, 6.45) is 0. The largest absolute Gasteiger partial charge is 0.487 e. The van der Waals surface area contributed by atoms with Gasteiger partial charge in [-0.2, -0.15) is 0 Å². The number of thiazole rings is 1. The highest BCUT2D eigenvalue weighted by Crippen LogP contribution is 2.22. The van der Waals surface area contributed by atoms with Crippen LogP contribution in [0.3, 0.4) is 0 Å². The molecule has 2 fully saturated rings. The molecule has 3 aromatic rings. The van der Waals surface area contributed by atoms with Gasteiger partial charge >= 0.3 is 0 Å². The van der Waals surface area contributed by atoms with Crippen LogP contribution in [-0.2, 0) is 6.61 Å². The summed E-state index contributed by atoms with van der Waals surface area (Å²) in [5.74, 6) is 0.741. The van der Waals surface area contributed by atoms with Crippen molar-refractivity contribution in [3.8, 4) is 5.75 Å². The van der Waals surface area contributed by atoms with Gasteiger partial charge in [-0.15, -0.1) is 11.3 Å². The van der Waals surface area contributed by atoms with E-state index in [9.17, 15) is 9.59 Å². The molecule has 0 N–H and O–H groups in total. The number of carbonyl (C=O) groups excluding carboxylic acids is 2. The lowest BCUT2D eigenvalue weighted by Crippen LogP contribution is -2.64. The number of rotatable bonds is 6. The summed E-state index contributed by atoms with van der Waals surface area (Å²) in [5, 5.41) is 1.79. The normalized spacial score (nSPS) is 16.9. The van der Waals surface area contributed by atoms with Gasteiger partial charge in [-0.1, -0.05) is 6.07 Å². The van der Waals surface area contributed by atoms with Crippen LogP contribution in [0.25, 0.3) is 0 Å². The Hall–Kier alpha value is -2.82. The van der Waals surface area contributed by atoms with Crippen LogP contribution >= 0.6 is 27.3 Å². The van der Waals surface area contributed by atoms with Gasteiger partial charge in [0.05, 0.1) is 11.2 Å². The van der Waals surface area contributed by atoms with Crippen molar-refractivity contribution in [1.29, 1.82) is 0 Å². The quantitative estimate of drug-likeness (QED) is 0.446. The molecule has 2 aliphatic heterocycles. The van der Waals surface area contributed by atoms with Gasteiger partial charge in [0.1, 0.15) is 22.7 Å². The minimum atomic E-state index is 0.00615. The number of aromatic nitrogens is 2. The Labute approximate surface area is 210 Å². The number of piperazine rings is 1. The van der Waals surface area contributed by atoms with Gasteiger partial charge in [-0.25, -0.2) is 9.97 Å². The zero-order valence-corrected chi connectivity index (χ0v) is 20.9. The van der Waals surface area contributed by atoms with E-state index in [0.717, 1.165) is 23.4 Å². The molecule has 8 nitrogen and oxygen atoms in total. The summed E-state index contributed by atoms with van der Waals surface area (Å²) in [5.41, 5.74) is 3.70. The molecule has 0 radical (unpaired) electrons. The Balaban J connectivity index is 1.07. The maximum atomic E-state index is 12.8. The lowest BCUT2D eigenvalue weighted by Gasteiger charge is -2.48. The third-order valence-corrected chi connectivity index (χ3v) is 7.21. The molecular formula is C24H24BrN5O3S. The minimum Gasteiger partial charge on any atom is -0.487 e. The zero-order valence-electron chi connectivity index (χ0n) is 18.5. The van der Waals surface area contributed by atoms with Crippen LogP contribution in [0.1, 0.15) is 26.5 Å². The van der Waals surface area contributed by atoms with Crippen LogP contribution in [-0.4, -0.2) is 81.8 Å². The smallest absolute Gasteiger partial charge is 0.273 e. The fraction of sp³-hybridized carbons (Fsp3) is 0.333. The van der Waals surface area contributed by atoms with Gasteiger partial charge in [0.15, 0.2) is 0 Å². The molecule has 10 heteroatoms. The maximum Gasteiger partial charge on any atom is 0.273 e. The molecule has 2 saturated heterocycles. The van der Waals surface area contributed by atoms with E-state index in [1.165, 1.54) is 11.3 Å². The first-order valence-corrected chi connectivity index (χ1v) is 12.9. The molecule has 2 aromatic heterocycles. The van der Waals surface area contributed by atoms with E-state index in [4.69, 9.17) is 4.74 Å². The van der Waals surface area contributed by atoms with E-state index in [0.29, 0.717) is 55.8 Å². The van der Waals surface area contributed by atoms with Gasteiger partial charge in [0.2, 0.25) is 0 Å². The third-order valence-electron chi connectivity index (χ3n) is 6.18. The average Bonchev–Trinajstić information content (AvgIpc) is 3.37. The lowest BCUT2D eigenvalue weighted by molar-refractivity contribution is 0.00844. The summed E-state index contributed by atoms with van der Waals surface area (Å²) in [6, 6.07) is 13.3. The fourth-order valence-corrected chi connectivity index (χ4v) is 5.09. The molecule has 0 aliphatic carbocycles. The first kappa shape index (κ1) is 22.9. The lowest BCUT2D eigenvalue weighted by atomic mass is 10.0. The first-order chi connectivity index (χ1) is 16.6. The van der Waals surface area contributed by atoms with Crippen LogP contribution < -0.4 is 4.74 Å². The number of hydrogen-bond donors (Lipinski definition) is 0. The summed E-state index contributed by atoms with van der Waals surface area (Å²) in [4.78, 5) is 39.9. The third kappa shape index (κ3) is 5.13. The molecule has 0 spiro atoms. The van der Waals surface area contributed by atoms with Gasteiger partial charge in [-0.05, 0) is 52.3 Å². The highest BCUT2D eigenvalue weighted by Gasteiger charge is 2.37. The van der Waals surface area contributed by atoms with Crippen molar-refractivity contribution in [3.05, 3.63) is 74.9 Å². The van der Waals surface area contributed by atoms with Crippen LogP contribution in [0.5, 0.6) is 5.75 Å². The summed E-state index contributed by atoms with van der Waals surface area (Å²) >= 11 is 4.79. The Bertz CT molecular complexity index is 1140. The first-order valence-electron chi connectivity index (χ1n) is 11.1.